The van der Waals surface area contributed by atoms with E-state index in [2.05, 4.69) is 93.7 Å². The molecule has 0 bridgehead atoms. The Morgan fingerprint density at radius 2 is 0.703 bits per heavy atom. The number of ether oxygens (including phenoxy) is 3. The van der Waals surface area contributed by atoms with Crippen molar-refractivity contribution in [2.75, 3.05) is 26.4 Å². The van der Waals surface area contributed by atoms with Crippen molar-refractivity contribution in [1.82, 2.24) is 0 Å². The van der Waals surface area contributed by atoms with Gasteiger partial charge in [-0.15, -0.1) is 0 Å². The first-order valence-corrected chi connectivity index (χ1v) is 31.3. The highest BCUT2D eigenvalue weighted by Crippen LogP contribution is 2.43. The van der Waals surface area contributed by atoms with Gasteiger partial charge >= 0.3 is 25.7 Å². The van der Waals surface area contributed by atoms with Crippen LogP contribution in [0.1, 0.15) is 265 Å². The van der Waals surface area contributed by atoms with E-state index in [1.54, 1.807) is 0 Å². The monoisotopic (exact) mass is 1060 g/mol. The normalized spacial score (nSPS) is 13.9. The lowest BCUT2D eigenvalue weighted by atomic mass is 10.1. The van der Waals surface area contributed by atoms with E-state index in [0.717, 1.165) is 96.3 Å². The van der Waals surface area contributed by atoms with Gasteiger partial charge in [-0.1, -0.05) is 209 Å². The molecule has 428 valence electrons. The lowest BCUT2D eigenvalue weighted by molar-refractivity contribution is -0.161. The third-order valence-electron chi connectivity index (χ3n) is 12.6. The molecule has 0 aromatic carbocycles. The number of unbranched alkanes of at least 4 members (excludes halogenated alkanes) is 26. The molecule has 0 radical (unpaired) electrons. The summed E-state index contributed by atoms with van der Waals surface area (Å²) in [7, 11) is -4.76. The largest absolute Gasteiger partial charge is 0.472 e. The van der Waals surface area contributed by atoms with Crippen LogP contribution in [-0.4, -0.2) is 66.5 Å². The van der Waals surface area contributed by atoms with Crippen molar-refractivity contribution in [2.45, 2.75) is 277 Å². The molecule has 0 rings (SSSR count). The Hall–Kier alpha value is -3.08. The van der Waals surface area contributed by atoms with Crippen LogP contribution in [0.25, 0.3) is 0 Å². The van der Waals surface area contributed by atoms with Gasteiger partial charge < -0.3 is 24.2 Å². The summed E-state index contributed by atoms with van der Waals surface area (Å²) in [6, 6.07) is 0. The van der Waals surface area contributed by atoms with E-state index >= 15 is 0 Å². The number of aliphatic hydroxyl groups excluding tert-OH is 1. The number of allylic oxidation sites excluding steroid dienone is 12. The van der Waals surface area contributed by atoms with E-state index in [1.165, 1.54) is 109 Å². The Bertz CT molecular complexity index is 1520. The van der Waals surface area contributed by atoms with Gasteiger partial charge in [0.05, 0.1) is 19.8 Å². The van der Waals surface area contributed by atoms with Gasteiger partial charge in [-0.3, -0.25) is 23.4 Å². The summed E-state index contributed by atoms with van der Waals surface area (Å²) < 4.78 is 39.5. The highest BCUT2D eigenvalue weighted by atomic mass is 31.2. The molecule has 0 fully saturated rings. The van der Waals surface area contributed by atoms with Crippen molar-refractivity contribution in [3.8, 4) is 0 Å². The Morgan fingerprint density at radius 1 is 0.392 bits per heavy atom. The van der Waals surface area contributed by atoms with E-state index in [4.69, 9.17) is 23.3 Å². The quantitative estimate of drug-likeness (QED) is 0.0197. The fourth-order valence-electron chi connectivity index (χ4n) is 8.04. The Kier molecular flexibility index (Phi) is 53.8. The van der Waals surface area contributed by atoms with Gasteiger partial charge in [-0.05, 0) is 109 Å². The third kappa shape index (κ3) is 53.7. The molecule has 0 heterocycles. The zero-order valence-corrected chi connectivity index (χ0v) is 48.2. The van der Waals surface area contributed by atoms with Gasteiger partial charge in [-0.25, -0.2) is 4.57 Å². The second-order valence-electron chi connectivity index (χ2n) is 19.8. The molecule has 2 N–H and O–H groups in total. The van der Waals surface area contributed by atoms with E-state index in [0.29, 0.717) is 19.3 Å². The van der Waals surface area contributed by atoms with Crippen LogP contribution < -0.4 is 0 Å². The first kappa shape index (κ1) is 70.9. The molecule has 3 atom stereocenters. The van der Waals surface area contributed by atoms with Gasteiger partial charge in [-0.2, -0.15) is 0 Å². The maximum atomic E-state index is 12.9. The molecule has 11 nitrogen and oxygen atoms in total. The Balaban J connectivity index is 4.75. The van der Waals surface area contributed by atoms with Gasteiger partial charge in [0.15, 0.2) is 6.10 Å². The first-order valence-electron chi connectivity index (χ1n) is 29.8. The number of rotatable bonds is 55. The average molecular weight is 1060 g/mol. The number of phosphoric ester groups is 1. The van der Waals surface area contributed by atoms with Crippen molar-refractivity contribution < 1.29 is 52.2 Å². The van der Waals surface area contributed by atoms with Crippen molar-refractivity contribution in [1.29, 1.82) is 0 Å². The summed E-state index contributed by atoms with van der Waals surface area (Å²) in [6.07, 6.45) is 62.9. The number of phosphoric acid groups is 1. The van der Waals surface area contributed by atoms with Crippen LogP contribution in [0, 0.1) is 0 Å². The molecule has 12 heteroatoms. The lowest BCUT2D eigenvalue weighted by Gasteiger charge is -2.21. The molecule has 0 aliphatic rings. The maximum Gasteiger partial charge on any atom is 0.472 e. The van der Waals surface area contributed by atoms with E-state index in [-0.39, 0.29) is 25.9 Å². The lowest BCUT2D eigenvalue weighted by Crippen LogP contribution is -2.30. The van der Waals surface area contributed by atoms with Crippen LogP contribution in [0.2, 0.25) is 0 Å². The SMILES string of the molecule is CC/C=C\C/C=C\C/C=C\C/C=C\CCCCC(=O)OC(COC(=O)CCCCCCCCCCC/C=C\CCCCCCCC)COP(=O)(O)OCC(CO)OC(=O)CCCCCCC/C=C\CCCCCC. The van der Waals surface area contributed by atoms with Gasteiger partial charge in [0, 0.05) is 19.3 Å². The zero-order valence-electron chi connectivity index (χ0n) is 47.3. The number of hydrogen-bond donors (Lipinski definition) is 2. The fraction of sp³-hybridized carbons (Fsp3) is 0.758. The predicted molar refractivity (Wildman–Crippen MR) is 307 cm³/mol. The molecule has 0 aliphatic carbocycles. The fourth-order valence-corrected chi connectivity index (χ4v) is 8.83. The summed E-state index contributed by atoms with van der Waals surface area (Å²) in [5.41, 5.74) is 0. The second kappa shape index (κ2) is 56.1. The van der Waals surface area contributed by atoms with Crippen LogP contribution in [-0.2, 0) is 42.2 Å². The molecule has 74 heavy (non-hydrogen) atoms. The van der Waals surface area contributed by atoms with Crippen LogP contribution in [0.15, 0.2) is 72.9 Å². The van der Waals surface area contributed by atoms with Crippen molar-refractivity contribution in [3.63, 3.8) is 0 Å². The summed E-state index contributed by atoms with van der Waals surface area (Å²) >= 11 is 0. The molecule has 0 saturated carbocycles. The van der Waals surface area contributed by atoms with Crippen molar-refractivity contribution in [3.05, 3.63) is 72.9 Å². The molecular formula is C62H109O11P. The van der Waals surface area contributed by atoms with Crippen molar-refractivity contribution >= 4 is 25.7 Å². The molecule has 3 unspecified atom stereocenters. The van der Waals surface area contributed by atoms with Crippen LogP contribution in [0.4, 0.5) is 0 Å². The number of carbonyl (C=O) groups is 3. The highest BCUT2D eigenvalue weighted by molar-refractivity contribution is 7.47. The second-order valence-corrected chi connectivity index (χ2v) is 21.2. The van der Waals surface area contributed by atoms with E-state index < -0.39 is 57.8 Å². The number of hydrogen-bond acceptors (Lipinski definition) is 10. The van der Waals surface area contributed by atoms with E-state index in [1.807, 2.05) is 0 Å². The van der Waals surface area contributed by atoms with Gasteiger partial charge in [0.1, 0.15) is 12.7 Å². The first-order chi connectivity index (χ1) is 36.2. The average Bonchev–Trinajstić information content (AvgIpc) is 3.39. The third-order valence-corrected chi connectivity index (χ3v) is 13.5. The Labute approximate surface area is 452 Å². The van der Waals surface area contributed by atoms with Gasteiger partial charge in [0.2, 0.25) is 0 Å². The standard InChI is InChI=1S/C62H109O11P/c1-4-7-10-13-16-19-22-25-27-28-29-30-32-34-36-39-42-45-48-51-60(64)69-55-59(73-62(66)53-50-47-44-41-38-35-31-26-23-20-17-14-11-8-5-2)57-71-74(67,68)70-56-58(54-63)72-61(65)52-49-46-43-40-37-33-24-21-18-15-12-9-6-3/h8,11,17,20-21,24-27,31,38,41,58-59,63H,4-7,9-10,12-16,18-19,22-23,28-30,32-37,39-40,42-57H2,1-3H3,(H,67,68)/b11-8-,20-17-,24-21-,27-25-,31-26-,41-38-. The van der Waals surface area contributed by atoms with Crippen LogP contribution >= 0.6 is 7.82 Å². The number of esters is 3. The summed E-state index contributed by atoms with van der Waals surface area (Å²) in [6.45, 7) is 4.47. The molecule has 0 aromatic rings. The van der Waals surface area contributed by atoms with E-state index in [9.17, 15) is 28.9 Å². The minimum absolute atomic E-state index is 0.114. The number of aliphatic hydroxyl groups is 1. The van der Waals surface area contributed by atoms with Crippen molar-refractivity contribution in [2.24, 2.45) is 0 Å². The Morgan fingerprint density at radius 3 is 1.14 bits per heavy atom. The summed E-state index contributed by atoms with van der Waals surface area (Å²) in [5, 5.41) is 9.81. The number of carbonyl (C=O) groups excluding carboxylic acids is 3. The molecule has 0 spiro atoms. The zero-order chi connectivity index (χ0) is 54.1. The smallest absolute Gasteiger partial charge is 0.462 e. The molecule has 0 aromatic heterocycles. The molecule has 0 aliphatic heterocycles. The predicted octanol–water partition coefficient (Wildman–Crippen LogP) is 17.7. The molecular weight excluding hydrogens is 952 g/mol. The van der Waals surface area contributed by atoms with Gasteiger partial charge in [0.25, 0.3) is 0 Å². The maximum absolute atomic E-state index is 12.9. The summed E-state index contributed by atoms with van der Waals surface area (Å²) in [4.78, 5) is 48.5. The molecule has 0 amide bonds. The summed E-state index contributed by atoms with van der Waals surface area (Å²) in [5.74, 6) is -1.52. The molecule has 0 saturated heterocycles. The van der Waals surface area contributed by atoms with Crippen LogP contribution in [0.5, 0.6) is 0 Å². The topological polar surface area (TPSA) is 155 Å². The van der Waals surface area contributed by atoms with Crippen LogP contribution in [0.3, 0.4) is 0 Å². The highest BCUT2D eigenvalue weighted by Gasteiger charge is 2.28. The minimum Gasteiger partial charge on any atom is -0.462 e. The minimum atomic E-state index is -4.76.